The molecule has 0 aromatic heterocycles. The second kappa shape index (κ2) is 26.2. The first kappa shape index (κ1) is 52.2. The molecule has 0 aliphatic rings. The molecule has 0 spiro atoms. The fourth-order valence-electron chi connectivity index (χ4n) is 4.60. The predicted octanol–water partition coefficient (Wildman–Crippen LogP) is -7.07. The van der Waals surface area contributed by atoms with E-state index in [1.54, 1.807) is 0 Å². The summed E-state index contributed by atoms with van der Waals surface area (Å²) in [5.74, 6) is -11.9. The van der Waals surface area contributed by atoms with Crippen molar-refractivity contribution in [3.63, 3.8) is 0 Å². The van der Waals surface area contributed by atoms with Gasteiger partial charge in [-0.25, -0.2) is 0 Å². The lowest BCUT2D eigenvalue weighted by atomic mass is 10.1. The molecule has 0 saturated heterocycles. The SMILES string of the molecule is C[C@H](NC(=O)[C@H](CC(=O)O)NC(=O)[C@H](C)NC(=O)[C@H](CC(=O)O)NC(=O)[C@H](C)NC(=O)[C@H](CCCN=C(N)N)NC(=O)[C@H](C)NC(=O)[C@@H](N)CCCN=C(N)N)C(=O)O. The van der Waals surface area contributed by atoms with Crippen LogP contribution in [0.1, 0.15) is 66.2 Å². The Labute approximate surface area is 337 Å². The van der Waals surface area contributed by atoms with Crippen LogP contribution in [-0.2, 0) is 47.9 Å². The van der Waals surface area contributed by atoms with E-state index in [2.05, 4.69) is 41.9 Å². The Morgan fingerprint density at radius 1 is 0.458 bits per heavy atom. The van der Waals surface area contributed by atoms with Crippen molar-refractivity contribution in [3.8, 4) is 0 Å². The van der Waals surface area contributed by atoms with Crippen LogP contribution in [0.3, 0.4) is 0 Å². The van der Waals surface area contributed by atoms with E-state index in [1.807, 2.05) is 5.32 Å². The van der Waals surface area contributed by atoms with Crippen molar-refractivity contribution in [1.82, 2.24) is 37.2 Å². The molecule has 27 nitrogen and oxygen atoms in total. The number of hydrogen-bond donors (Lipinski definition) is 15. The molecule has 0 aromatic rings. The van der Waals surface area contributed by atoms with Crippen LogP contribution in [0.5, 0.6) is 0 Å². The average molecular weight is 845 g/mol. The van der Waals surface area contributed by atoms with Crippen LogP contribution in [0.2, 0.25) is 0 Å². The first-order chi connectivity index (χ1) is 27.3. The van der Waals surface area contributed by atoms with E-state index in [0.717, 1.165) is 13.8 Å². The zero-order valence-electron chi connectivity index (χ0n) is 33.0. The predicted molar refractivity (Wildman–Crippen MR) is 206 cm³/mol. The summed E-state index contributed by atoms with van der Waals surface area (Å²) in [7, 11) is 0. The van der Waals surface area contributed by atoms with Gasteiger partial charge in [0.05, 0.1) is 18.9 Å². The van der Waals surface area contributed by atoms with Crippen molar-refractivity contribution in [2.45, 2.75) is 115 Å². The lowest BCUT2D eigenvalue weighted by Crippen LogP contribution is -2.59. The topological polar surface area (TPSA) is 470 Å². The van der Waals surface area contributed by atoms with Gasteiger partial charge in [0.25, 0.3) is 0 Å². The summed E-state index contributed by atoms with van der Waals surface area (Å²) >= 11 is 0. The second-order valence-electron chi connectivity index (χ2n) is 13.1. The number of aliphatic imine (C=N–C) groups is 2. The van der Waals surface area contributed by atoms with E-state index < -0.39 is 120 Å². The van der Waals surface area contributed by atoms with Gasteiger partial charge in [0.1, 0.15) is 42.3 Å². The van der Waals surface area contributed by atoms with Crippen LogP contribution in [0.25, 0.3) is 0 Å². The Hall–Kier alpha value is -6.80. The van der Waals surface area contributed by atoms with Crippen molar-refractivity contribution in [2.24, 2.45) is 38.7 Å². The summed E-state index contributed by atoms with van der Waals surface area (Å²) in [6.45, 7) is 4.94. The summed E-state index contributed by atoms with van der Waals surface area (Å²) in [5.41, 5.74) is 27.1. The second-order valence-corrected chi connectivity index (χ2v) is 13.1. The van der Waals surface area contributed by atoms with Gasteiger partial charge in [-0.2, -0.15) is 0 Å². The van der Waals surface area contributed by atoms with E-state index in [9.17, 15) is 53.1 Å². The third-order valence-corrected chi connectivity index (χ3v) is 7.89. The zero-order chi connectivity index (χ0) is 45.6. The maximum atomic E-state index is 13.3. The minimum absolute atomic E-state index is 0.0405. The molecule has 0 heterocycles. The van der Waals surface area contributed by atoms with Gasteiger partial charge in [0.2, 0.25) is 41.4 Å². The fourth-order valence-corrected chi connectivity index (χ4v) is 4.60. The van der Waals surface area contributed by atoms with Crippen LogP contribution in [0.4, 0.5) is 0 Å². The summed E-state index contributed by atoms with van der Waals surface area (Å²) in [6.07, 6.45) is -1.37. The number of nitrogens with zero attached hydrogens (tertiary/aromatic N) is 2. The van der Waals surface area contributed by atoms with E-state index in [1.165, 1.54) is 13.8 Å². The largest absolute Gasteiger partial charge is 0.481 e. The summed E-state index contributed by atoms with van der Waals surface area (Å²) in [5, 5.41) is 43.2. The van der Waals surface area contributed by atoms with Crippen LogP contribution in [-0.4, -0.2) is 148 Å². The lowest BCUT2D eigenvalue weighted by Gasteiger charge is -2.25. The van der Waals surface area contributed by atoms with Crippen LogP contribution >= 0.6 is 0 Å². The van der Waals surface area contributed by atoms with Gasteiger partial charge in [-0.15, -0.1) is 0 Å². The number of nitrogens with one attached hydrogen (secondary N) is 7. The van der Waals surface area contributed by atoms with Gasteiger partial charge < -0.3 is 81.2 Å². The number of nitrogens with two attached hydrogens (primary N) is 5. The number of guanidine groups is 2. The molecule has 0 rings (SSSR count). The highest BCUT2D eigenvalue weighted by Crippen LogP contribution is 2.04. The molecule has 332 valence electrons. The van der Waals surface area contributed by atoms with Gasteiger partial charge >= 0.3 is 17.9 Å². The Kier molecular flexibility index (Phi) is 23.2. The summed E-state index contributed by atoms with van der Waals surface area (Å²) in [4.78, 5) is 132. The highest BCUT2D eigenvalue weighted by Gasteiger charge is 2.33. The van der Waals surface area contributed by atoms with Crippen molar-refractivity contribution in [1.29, 1.82) is 0 Å². The zero-order valence-corrected chi connectivity index (χ0v) is 33.0. The molecule has 0 bridgehead atoms. The Balaban J connectivity index is 5.77. The Bertz CT molecular complexity index is 1600. The van der Waals surface area contributed by atoms with Gasteiger partial charge in [0, 0.05) is 13.1 Å². The van der Waals surface area contributed by atoms with Gasteiger partial charge in [-0.05, 0) is 53.4 Å². The number of carboxylic acids is 3. The molecular formula is C32H56N14O13. The molecule has 59 heavy (non-hydrogen) atoms. The lowest BCUT2D eigenvalue weighted by molar-refractivity contribution is -0.143. The van der Waals surface area contributed by atoms with Gasteiger partial charge in [-0.3, -0.25) is 57.9 Å². The first-order valence-corrected chi connectivity index (χ1v) is 18.0. The number of aliphatic carboxylic acids is 3. The number of hydrogen-bond acceptors (Lipinski definition) is 13. The molecule has 0 aliphatic heterocycles. The van der Waals surface area contributed by atoms with Crippen molar-refractivity contribution in [3.05, 3.63) is 0 Å². The van der Waals surface area contributed by atoms with E-state index >= 15 is 0 Å². The van der Waals surface area contributed by atoms with E-state index in [4.69, 9.17) is 38.9 Å². The van der Waals surface area contributed by atoms with E-state index in [-0.39, 0.29) is 44.3 Å². The smallest absolute Gasteiger partial charge is 0.325 e. The molecule has 0 aromatic carbocycles. The summed E-state index contributed by atoms with van der Waals surface area (Å²) < 4.78 is 0. The highest BCUT2D eigenvalue weighted by atomic mass is 16.4. The maximum absolute atomic E-state index is 13.3. The van der Waals surface area contributed by atoms with Crippen LogP contribution < -0.4 is 65.9 Å². The fraction of sp³-hybridized carbons (Fsp3) is 0.625. The molecule has 0 radical (unpaired) electrons. The number of rotatable bonds is 27. The van der Waals surface area contributed by atoms with Crippen LogP contribution in [0, 0.1) is 0 Å². The average Bonchev–Trinajstić information content (AvgIpc) is 3.12. The molecular weight excluding hydrogens is 788 g/mol. The van der Waals surface area contributed by atoms with Crippen molar-refractivity contribution in [2.75, 3.05) is 13.1 Å². The molecule has 27 heteroatoms. The normalized spacial score (nSPS) is 14.7. The molecule has 0 saturated carbocycles. The Morgan fingerprint density at radius 3 is 1.14 bits per heavy atom. The molecule has 8 atom stereocenters. The van der Waals surface area contributed by atoms with Crippen molar-refractivity contribution < 1.29 is 63.3 Å². The number of amides is 7. The third kappa shape index (κ3) is 21.9. The monoisotopic (exact) mass is 844 g/mol. The number of carboxylic acid groups (broad SMARTS) is 3. The molecule has 0 unspecified atom stereocenters. The highest BCUT2D eigenvalue weighted by molar-refractivity contribution is 5.98. The van der Waals surface area contributed by atoms with E-state index in [0.29, 0.717) is 6.42 Å². The minimum atomic E-state index is -1.85. The minimum Gasteiger partial charge on any atom is -0.481 e. The molecule has 7 amide bonds. The standard InChI is InChI=1S/C32H56N14O13/c1-13(40-26(54)17(33)7-5-9-38-31(34)35)23(51)44-18(8-6-10-39-32(36)37)27(55)41-14(2)24(52)45-19(11-21(47)48)28(56)42-15(3)25(53)46-20(12-22(49)50)29(57)43-16(4)30(58)59/h13-20H,5-12,33H2,1-4H3,(H,40,54)(H,41,55)(H,42,56)(H,43,57)(H,44,51)(H,45,52)(H,46,53)(H,47,48)(H,49,50)(H,58,59)(H4,34,35,38)(H4,36,37,39)/t13-,14-,15-,16-,17-,18-,19-,20-/m0/s1. The Morgan fingerprint density at radius 2 is 0.780 bits per heavy atom. The number of carbonyl (C=O) groups is 10. The number of carbonyl (C=O) groups excluding carboxylic acids is 7. The first-order valence-electron chi connectivity index (χ1n) is 18.0. The van der Waals surface area contributed by atoms with Crippen LogP contribution in [0.15, 0.2) is 9.98 Å². The van der Waals surface area contributed by atoms with Crippen molar-refractivity contribution >= 4 is 71.2 Å². The molecule has 0 aliphatic carbocycles. The quantitative estimate of drug-likeness (QED) is 0.0207. The van der Waals surface area contributed by atoms with Gasteiger partial charge in [0.15, 0.2) is 11.9 Å². The molecule has 0 fully saturated rings. The third-order valence-electron chi connectivity index (χ3n) is 7.89. The molecule has 20 N–H and O–H groups in total. The maximum Gasteiger partial charge on any atom is 0.325 e. The van der Waals surface area contributed by atoms with Gasteiger partial charge in [-0.1, -0.05) is 0 Å². The summed E-state index contributed by atoms with van der Waals surface area (Å²) in [6, 6.07) is -11.7.